The fourth-order valence-electron chi connectivity index (χ4n) is 3.22. The zero-order valence-corrected chi connectivity index (χ0v) is 16.1. The number of thioether (sulfide) groups is 1. The molecule has 1 aliphatic heterocycles. The maximum atomic E-state index is 14.0. The molecule has 142 valence electrons. The van der Waals surface area contributed by atoms with Gasteiger partial charge in [-0.1, -0.05) is 42.1 Å². The first-order valence-corrected chi connectivity index (χ1v) is 9.89. The van der Waals surface area contributed by atoms with Gasteiger partial charge in [-0.3, -0.25) is 4.79 Å². The Morgan fingerprint density at radius 3 is 2.71 bits per heavy atom. The summed E-state index contributed by atoms with van der Waals surface area (Å²) in [7, 11) is 0. The summed E-state index contributed by atoms with van der Waals surface area (Å²) >= 11 is 1.40. The SMILES string of the molecule is CSc1nc2n(n1)C(c1cccc(F)c1)C(C(=O)Nc1ccccc1)=C(C)N2. The van der Waals surface area contributed by atoms with Gasteiger partial charge in [0, 0.05) is 11.4 Å². The van der Waals surface area contributed by atoms with Crippen LogP contribution in [0.1, 0.15) is 18.5 Å². The molecule has 6 nitrogen and oxygen atoms in total. The summed E-state index contributed by atoms with van der Waals surface area (Å²) in [5, 5.41) is 11.1. The van der Waals surface area contributed by atoms with Crippen LogP contribution in [0.15, 0.2) is 71.0 Å². The van der Waals surface area contributed by atoms with E-state index in [0.29, 0.717) is 33.6 Å². The Morgan fingerprint density at radius 1 is 1.21 bits per heavy atom. The summed E-state index contributed by atoms with van der Waals surface area (Å²) < 4.78 is 15.6. The van der Waals surface area contributed by atoms with Crippen LogP contribution in [0.5, 0.6) is 0 Å². The van der Waals surface area contributed by atoms with Gasteiger partial charge in [0.05, 0.1) is 5.57 Å². The third-order valence-corrected chi connectivity index (χ3v) is 4.99. The highest BCUT2D eigenvalue weighted by Crippen LogP contribution is 2.36. The minimum absolute atomic E-state index is 0.280. The zero-order chi connectivity index (χ0) is 19.7. The molecule has 1 atom stereocenters. The van der Waals surface area contributed by atoms with Gasteiger partial charge in [-0.05, 0) is 43.0 Å². The van der Waals surface area contributed by atoms with E-state index in [1.165, 1.54) is 23.9 Å². The fraction of sp³-hybridized carbons (Fsp3) is 0.150. The number of hydrogen-bond donors (Lipinski definition) is 2. The third kappa shape index (κ3) is 3.38. The number of amides is 1. The number of hydrogen-bond acceptors (Lipinski definition) is 5. The number of carbonyl (C=O) groups excluding carboxylic acids is 1. The van der Waals surface area contributed by atoms with Crippen molar-refractivity contribution in [3.8, 4) is 0 Å². The van der Waals surface area contributed by atoms with Gasteiger partial charge < -0.3 is 10.6 Å². The summed E-state index contributed by atoms with van der Waals surface area (Å²) in [6.07, 6.45) is 1.88. The Hall–Kier alpha value is -3.13. The summed E-state index contributed by atoms with van der Waals surface area (Å²) in [5.74, 6) is -0.132. The van der Waals surface area contributed by atoms with E-state index >= 15 is 0 Å². The number of nitrogens with zero attached hydrogens (tertiary/aromatic N) is 3. The lowest BCUT2D eigenvalue weighted by Crippen LogP contribution is -2.31. The molecule has 0 saturated heterocycles. The van der Waals surface area contributed by atoms with Crippen molar-refractivity contribution < 1.29 is 9.18 Å². The van der Waals surface area contributed by atoms with Gasteiger partial charge in [-0.2, -0.15) is 4.98 Å². The van der Waals surface area contributed by atoms with E-state index < -0.39 is 6.04 Å². The van der Waals surface area contributed by atoms with Crippen molar-refractivity contribution in [2.75, 3.05) is 16.9 Å². The smallest absolute Gasteiger partial charge is 0.255 e. The van der Waals surface area contributed by atoms with Crippen LogP contribution in [0.4, 0.5) is 16.0 Å². The first-order valence-electron chi connectivity index (χ1n) is 8.67. The number of benzene rings is 2. The van der Waals surface area contributed by atoms with E-state index in [0.717, 1.165) is 0 Å². The molecule has 2 aromatic carbocycles. The van der Waals surface area contributed by atoms with Gasteiger partial charge in [0.1, 0.15) is 11.9 Å². The zero-order valence-electron chi connectivity index (χ0n) is 15.3. The van der Waals surface area contributed by atoms with Crippen LogP contribution in [0.3, 0.4) is 0 Å². The van der Waals surface area contributed by atoms with E-state index in [1.54, 1.807) is 16.8 Å². The number of para-hydroxylation sites is 1. The highest BCUT2D eigenvalue weighted by molar-refractivity contribution is 7.98. The van der Waals surface area contributed by atoms with Gasteiger partial charge >= 0.3 is 0 Å². The van der Waals surface area contributed by atoms with E-state index in [1.807, 2.05) is 43.5 Å². The monoisotopic (exact) mass is 395 g/mol. The molecule has 2 heterocycles. The molecule has 1 aliphatic rings. The largest absolute Gasteiger partial charge is 0.328 e. The lowest BCUT2D eigenvalue weighted by Gasteiger charge is -2.28. The van der Waals surface area contributed by atoms with E-state index in [9.17, 15) is 9.18 Å². The number of nitrogens with one attached hydrogen (secondary N) is 2. The Bertz CT molecular complexity index is 1060. The molecule has 0 bridgehead atoms. The highest BCUT2D eigenvalue weighted by atomic mass is 32.2. The second-order valence-electron chi connectivity index (χ2n) is 6.31. The van der Waals surface area contributed by atoms with Gasteiger partial charge in [0.2, 0.25) is 11.1 Å². The van der Waals surface area contributed by atoms with E-state index in [2.05, 4.69) is 20.7 Å². The summed E-state index contributed by atoms with van der Waals surface area (Å²) in [6.45, 7) is 1.81. The van der Waals surface area contributed by atoms with Crippen LogP contribution in [0.2, 0.25) is 0 Å². The molecule has 2 N–H and O–H groups in total. The van der Waals surface area contributed by atoms with Crippen LogP contribution in [0, 0.1) is 5.82 Å². The van der Waals surface area contributed by atoms with Crippen molar-refractivity contribution in [1.82, 2.24) is 14.8 Å². The van der Waals surface area contributed by atoms with Crippen LogP contribution in [-0.4, -0.2) is 26.9 Å². The van der Waals surface area contributed by atoms with Crippen molar-refractivity contribution in [2.45, 2.75) is 18.1 Å². The maximum absolute atomic E-state index is 14.0. The average Bonchev–Trinajstić information content (AvgIpc) is 3.10. The van der Waals surface area contributed by atoms with E-state index in [4.69, 9.17) is 0 Å². The number of aromatic nitrogens is 3. The normalized spacial score (nSPS) is 15.8. The lowest BCUT2D eigenvalue weighted by atomic mass is 9.95. The minimum atomic E-state index is -0.593. The predicted octanol–water partition coefficient (Wildman–Crippen LogP) is 4.07. The molecule has 0 fully saturated rings. The Kier molecular flexibility index (Phi) is 4.87. The molecule has 28 heavy (non-hydrogen) atoms. The number of carbonyl (C=O) groups is 1. The molecule has 0 spiro atoms. The number of rotatable bonds is 4. The Morgan fingerprint density at radius 2 is 2.00 bits per heavy atom. The van der Waals surface area contributed by atoms with E-state index in [-0.39, 0.29) is 11.7 Å². The predicted molar refractivity (Wildman–Crippen MR) is 108 cm³/mol. The first kappa shape index (κ1) is 18.2. The number of halogens is 1. The molecule has 3 aromatic rings. The molecule has 1 unspecified atom stereocenters. The molecule has 1 amide bonds. The van der Waals surface area contributed by atoms with Crippen molar-refractivity contribution in [3.63, 3.8) is 0 Å². The Balaban J connectivity index is 1.81. The molecular formula is C20H18FN5OS. The number of fused-ring (bicyclic) bond motifs is 1. The molecule has 1 aromatic heterocycles. The molecule has 0 saturated carbocycles. The van der Waals surface area contributed by atoms with Crippen molar-refractivity contribution in [2.24, 2.45) is 0 Å². The lowest BCUT2D eigenvalue weighted by molar-refractivity contribution is -0.113. The second-order valence-corrected chi connectivity index (χ2v) is 7.08. The van der Waals surface area contributed by atoms with Crippen LogP contribution in [-0.2, 0) is 4.79 Å². The van der Waals surface area contributed by atoms with Crippen LogP contribution >= 0.6 is 11.8 Å². The molecule has 4 rings (SSSR count). The van der Waals surface area contributed by atoms with Gasteiger partial charge in [-0.15, -0.1) is 5.10 Å². The van der Waals surface area contributed by atoms with Crippen molar-refractivity contribution in [1.29, 1.82) is 0 Å². The highest BCUT2D eigenvalue weighted by Gasteiger charge is 2.34. The molecular weight excluding hydrogens is 377 g/mol. The minimum Gasteiger partial charge on any atom is -0.328 e. The third-order valence-electron chi connectivity index (χ3n) is 4.46. The topological polar surface area (TPSA) is 71.8 Å². The van der Waals surface area contributed by atoms with Gasteiger partial charge in [-0.25, -0.2) is 9.07 Å². The first-order chi connectivity index (χ1) is 13.6. The molecule has 0 aliphatic carbocycles. The summed E-state index contributed by atoms with van der Waals surface area (Å²) in [5.41, 5.74) is 2.41. The molecule has 0 radical (unpaired) electrons. The van der Waals surface area contributed by atoms with Gasteiger partial charge in [0.15, 0.2) is 0 Å². The summed E-state index contributed by atoms with van der Waals surface area (Å²) in [6, 6.07) is 14.8. The number of allylic oxidation sites excluding steroid dienone is 1. The van der Waals surface area contributed by atoms with Crippen LogP contribution in [0.25, 0.3) is 0 Å². The van der Waals surface area contributed by atoms with Crippen molar-refractivity contribution in [3.05, 3.63) is 77.2 Å². The standard InChI is InChI=1S/C20H18FN5OS/c1-12-16(18(27)23-15-9-4-3-5-10-15)17(13-7-6-8-14(21)11-13)26-19(22-12)24-20(25-26)28-2/h3-11,17H,1-2H3,(H,23,27)(H,22,24,25). The van der Waals surface area contributed by atoms with Crippen molar-refractivity contribution >= 4 is 29.3 Å². The maximum Gasteiger partial charge on any atom is 0.255 e. The van der Waals surface area contributed by atoms with Crippen LogP contribution < -0.4 is 10.6 Å². The Labute approximate surface area is 165 Å². The number of anilines is 2. The quantitative estimate of drug-likeness (QED) is 0.652. The fourth-order valence-corrected chi connectivity index (χ4v) is 3.56. The summed E-state index contributed by atoms with van der Waals surface area (Å²) in [4.78, 5) is 17.6. The molecule has 8 heteroatoms. The van der Waals surface area contributed by atoms with Gasteiger partial charge in [0.25, 0.3) is 5.91 Å². The second kappa shape index (κ2) is 7.47. The average molecular weight is 395 g/mol.